The van der Waals surface area contributed by atoms with Crippen LogP contribution in [0.2, 0.25) is 0 Å². The van der Waals surface area contributed by atoms with E-state index >= 15 is 0 Å². The van der Waals surface area contributed by atoms with Crippen LogP contribution in [0.5, 0.6) is 0 Å². The van der Waals surface area contributed by atoms with Crippen LogP contribution < -0.4 is 11.1 Å². The molecule has 1 N–H and O–H groups in total. The highest BCUT2D eigenvalue weighted by atomic mass is 16.6. The second-order valence-corrected chi connectivity index (χ2v) is 7.24. The van der Waals surface area contributed by atoms with Gasteiger partial charge in [-0.1, -0.05) is 26.0 Å². The van der Waals surface area contributed by atoms with Gasteiger partial charge in [0.25, 0.3) is 5.69 Å². The standard InChI is InChI=1S/C22H26N4O5/c1-3-24(4-2)15-16-7-5-8-17(13-16)23-21(27)9-6-12-25-19-11-10-18(26(29)30)14-20(19)31-22(25)28/h5,7-8,10-11,13-14H,3-4,6,9,12,15H2,1-2H3,(H,23,27). The molecule has 31 heavy (non-hydrogen) atoms. The lowest BCUT2D eigenvalue weighted by molar-refractivity contribution is -0.384. The van der Waals surface area contributed by atoms with Gasteiger partial charge in [-0.3, -0.25) is 24.4 Å². The molecule has 0 saturated carbocycles. The van der Waals surface area contributed by atoms with E-state index in [4.69, 9.17) is 4.42 Å². The SMILES string of the molecule is CCN(CC)Cc1cccc(NC(=O)CCCn2c(=O)oc3cc([N+](=O)[O-])ccc32)c1. The molecule has 0 fully saturated rings. The zero-order valence-electron chi connectivity index (χ0n) is 17.7. The Morgan fingerprint density at radius 3 is 2.68 bits per heavy atom. The van der Waals surface area contributed by atoms with Crippen LogP contribution in [0.1, 0.15) is 32.3 Å². The van der Waals surface area contributed by atoms with Gasteiger partial charge in [-0.05, 0) is 43.3 Å². The minimum absolute atomic E-state index is 0.142. The van der Waals surface area contributed by atoms with Gasteiger partial charge in [0.15, 0.2) is 5.58 Å². The van der Waals surface area contributed by atoms with Crippen LogP contribution in [-0.4, -0.2) is 33.4 Å². The summed E-state index contributed by atoms with van der Waals surface area (Å²) in [7, 11) is 0. The van der Waals surface area contributed by atoms with Crippen molar-refractivity contribution >= 4 is 28.4 Å². The fraction of sp³-hybridized carbons (Fsp3) is 0.364. The van der Waals surface area contributed by atoms with Gasteiger partial charge in [-0.2, -0.15) is 0 Å². The highest BCUT2D eigenvalue weighted by Gasteiger charge is 2.14. The van der Waals surface area contributed by atoms with E-state index in [2.05, 4.69) is 24.1 Å². The first kappa shape index (κ1) is 22.2. The number of aryl methyl sites for hydroxylation is 1. The third kappa shape index (κ3) is 5.58. The Hall–Kier alpha value is -3.46. The molecule has 3 aromatic rings. The molecular weight excluding hydrogens is 400 g/mol. The van der Waals surface area contributed by atoms with Gasteiger partial charge in [0, 0.05) is 31.3 Å². The van der Waals surface area contributed by atoms with Crippen LogP contribution in [-0.2, 0) is 17.9 Å². The van der Waals surface area contributed by atoms with Crippen molar-refractivity contribution in [2.45, 2.75) is 39.8 Å². The van der Waals surface area contributed by atoms with E-state index in [-0.39, 0.29) is 30.1 Å². The molecule has 9 heteroatoms. The monoisotopic (exact) mass is 426 g/mol. The highest BCUT2D eigenvalue weighted by molar-refractivity contribution is 5.90. The summed E-state index contributed by atoms with van der Waals surface area (Å²) in [5, 5.41) is 13.8. The summed E-state index contributed by atoms with van der Waals surface area (Å²) in [4.78, 5) is 37.1. The first-order valence-electron chi connectivity index (χ1n) is 10.3. The number of rotatable bonds is 10. The predicted molar refractivity (Wildman–Crippen MR) is 118 cm³/mol. The molecule has 164 valence electrons. The molecular formula is C22H26N4O5. The van der Waals surface area contributed by atoms with Gasteiger partial charge in [-0.15, -0.1) is 0 Å². The Balaban J connectivity index is 1.58. The molecule has 0 atom stereocenters. The van der Waals surface area contributed by atoms with Crippen molar-refractivity contribution in [3.63, 3.8) is 0 Å². The Labute approximate surface area is 179 Å². The van der Waals surface area contributed by atoms with Crippen LogP contribution in [0.15, 0.2) is 51.7 Å². The normalized spacial score (nSPS) is 11.2. The first-order valence-corrected chi connectivity index (χ1v) is 10.3. The molecule has 9 nitrogen and oxygen atoms in total. The summed E-state index contributed by atoms with van der Waals surface area (Å²) in [5.74, 6) is -0.739. The Morgan fingerprint density at radius 2 is 1.97 bits per heavy atom. The summed E-state index contributed by atoms with van der Waals surface area (Å²) >= 11 is 0. The molecule has 0 aliphatic carbocycles. The van der Waals surface area contributed by atoms with E-state index in [0.29, 0.717) is 11.9 Å². The molecule has 1 heterocycles. The lowest BCUT2D eigenvalue weighted by Gasteiger charge is -2.18. The number of carbonyl (C=O) groups excluding carboxylic acids is 1. The smallest absolute Gasteiger partial charge is 0.407 e. The van der Waals surface area contributed by atoms with Crippen molar-refractivity contribution in [1.82, 2.24) is 9.47 Å². The number of hydrogen-bond donors (Lipinski definition) is 1. The number of hydrogen-bond acceptors (Lipinski definition) is 6. The van der Waals surface area contributed by atoms with Gasteiger partial charge in [0.1, 0.15) is 0 Å². The number of amides is 1. The van der Waals surface area contributed by atoms with Gasteiger partial charge >= 0.3 is 5.76 Å². The van der Waals surface area contributed by atoms with Gasteiger partial charge in [0.2, 0.25) is 5.91 Å². The fourth-order valence-corrected chi connectivity index (χ4v) is 3.45. The van der Waals surface area contributed by atoms with E-state index in [0.717, 1.165) is 30.9 Å². The first-order chi connectivity index (χ1) is 14.9. The molecule has 0 saturated heterocycles. The Bertz CT molecular complexity index is 1130. The largest absolute Gasteiger partial charge is 0.419 e. The molecule has 0 aliphatic heterocycles. The molecule has 0 bridgehead atoms. The Morgan fingerprint density at radius 1 is 1.19 bits per heavy atom. The molecule has 1 aromatic heterocycles. The van der Waals surface area contributed by atoms with E-state index in [1.165, 1.54) is 22.8 Å². The van der Waals surface area contributed by atoms with Crippen LogP contribution in [0.25, 0.3) is 11.1 Å². The summed E-state index contributed by atoms with van der Waals surface area (Å²) in [6, 6.07) is 11.8. The number of nitrogens with zero attached hydrogens (tertiary/aromatic N) is 3. The van der Waals surface area contributed by atoms with Crippen molar-refractivity contribution in [2.75, 3.05) is 18.4 Å². The average molecular weight is 426 g/mol. The quantitative estimate of drug-likeness (QED) is 0.390. The van der Waals surface area contributed by atoms with Crippen molar-refractivity contribution in [1.29, 1.82) is 0 Å². The van der Waals surface area contributed by atoms with Crippen molar-refractivity contribution in [3.05, 3.63) is 68.7 Å². The van der Waals surface area contributed by atoms with Gasteiger partial charge in [0.05, 0.1) is 16.5 Å². The lowest BCUT2D eigenvalue weighted by atomic mass is 10.1. The van der Waals surface area contributed by atoms with Crippen LogP contribution in [0.4, 0.5) is 11.4 Å². The number of nitro groups is 1. The summed E-state index contributed by atoms with van der Waals surface area (Å²) in [6.45, 7) is 7.26. The van der Waals surface area contributed by atoms with Crippen LogP contribution in [0.3, 0.4) is 0 Å². The number of benzene rings is 2. The second kappa shape index (κ2) is 10.0. The van der Waals surface area contributed by atoms with Crippen molar-refractivity contribution in [2.24, 2.45) is 0 Å². The maximum atomic E-state index is 12.3. The third-order valence-corrected chi connectivity index (χ3v) is 5.16. The summed E-state index contributed by atoms with van der Waals surface area (Å²) in [5.41, 5.74) is 2.37. The lowest BCUT2D eigenvalue weighted by Crippen LogP contribution is -2.22. The molecule has 3 rings (SSSR count). The minimum Gasteiger partial charge on any atom is -0.407 e. The van der Waals surface area contributed by atoms with E-state index in [1.807, 2.05) is 24.3 Å². The van der Waals surface area contributed by atoms with E-state index in [1.54, 1.807) is 0 Å². The topological polar surface area (TPSA) is 111 Å². The number of nitro benzene ring substituents is 1. The van der Waals surface area contributed by atoms with E-state index < -0.39 is 10.7 Å². The molecule has 2 aromatic carbocycles. The van der Waals surface area contributed by atoms with Crippen LogP contribution in [0, 0.1) is 10.1 Å². The molecule has 0 unspecified atom stereocenters. The van der Waals surface area contributed by atoms with Crippen molar-refractivity contribution in [3.8, 4) is 0 Å². The zero-order chi connectivity index (χ0) is 22.4. The minimum atomic E-state index is -0.597. The predicted octanol–water partition coefficient (Wildman–Crippen LogP) is 3.76. The Kier molecular flexibility index (Phi) is 7.19. The number of aromatic nitrogens is 1. The molecule has 0 aliphatic rings. The molecule has 0 spiro atoms. The number of nitrogens with one attached hydrogen (secondary N) is 1. The molecule has 1 amide bonds. The average Bonchev–Trinajstić information content (AvgIpc) is 3.06. The van der Waals surface area contributed by atoms with Gasteiger partial charge < -0.3 is 9.73 Å². The highest BCUT2D eigenvalue weighted by Crippen LogP contribution is 2.20. The van der Waals surface area contributed by atoms with Gasteiger partial charge in [-0.25, -0.2) is 4.79 Å². The zero-order valence-corrected chi connectivity index (χ0v) is 17.7. The van der Waals surface area contributed by atoms with E-state index in [9.17, 15) is 19.7 Å². The maximum absolute atomic E-state index is 12.3. The number of oxazole rings is 1. The van der Waals surface area contributed by atoms with Crippen LogP contribution >= 0.6 is 0 Å². The third-order valence-electron chi connectivity index (χ3n) is 5.16. The number of fused-ring (bicyclic) bond motifs is 1. The summed E-state index contributed by atoms with van der Waals surface area (Å²) < 4.78 is 6.49. The maximum Gasteiger partial charge on any atom is 0.419 e. The second-order valence-electron chi connectivity index (χ2n) is 7.24. The number of anilines is 1. The summed E-state index contributed by atoms with van der Waals surface area (Å²) in [6.07, 6.45) is 0.656. The fourth-order valence-electron chi connectivity index (χ4n) is 3.45. The molecule has 0 radical (unpaired) electrons. The van der Waals surface area contributed by atoms with Crippen molar-refractivity contribution < 1.29 is 14.1 Å². The number of non-ortho nitro benzene ring substituents is 1. The number of carbonyl (C=O) groups is 1.